The van der Waals surface area contributed by atoms with E-state index in [4.69, 9.17) is 0 Å². The molecule has 0 saturated carbocycles. The first kappa shape index (κ1) is 14.5. The lowest BCUT2D eigenvalue weighted by Gasteiger charge is -2.20. The molecule has 1 fully saturated rings. The van der Waals surface area contributed by atoms with Crippen molar-refractivity contribution in [2.75, 3.05) is 13.7 Å². The van der Waals surface area contributed by atoms with Crippen LogP contribution in [0.15, 0.2) is 18.3 Å². The standard InChI is InChI=1S/C15H20N2O3/c1-11-3-6-14(18)17(8-7-11)10-13-5-4-12(9-16-13)15(19)20-2/h4-5,9,11H,3,6-8,10H2,1-2H3. The summed E-state index contributed by atoms with van der Waals surface area (Å²) in [6, 6.07) is 3.45. The van der Waals surface area contributed by atoms with Crippen LogP contribution >= 0.6 is 0 Å². The van der Waals surface area contributed by atoms with Gasteiger partial charge in [-0.05, 0) is 30.9 Å². The number of hydrogen-bond acceptors (Lipinski definition) is 4. The van der Waals surface area contributed by atoms with Crippen LogP contribution in [0.1, 0.15) is 42.2 Å². The number of rotatable bonds is 3. The quantitative estimate of drug-likeness (QED) is 0.792. The smallest absolute Gasteiger partial charge is 0.339 e. The third-order valence-corrected chi connectivity index (χ3v) is 3.69. The van der Waals surface area contributed by atoms with E-state index in [1.165, 1.54) is 13.3 Å². The molecular weight excluding hydrogens is 256 g/mol. The Hall–Kier alpha value is -1.91. The van der Waals surface area contributed by atoms with Crippen molar-refractivity contribution in [3.05, 3.63) is 29.6 Å². The molecule has 1 unspecified atom stereocenters. The number of ether oxygens (including phenoxy) is 1. The predicted octanol–water partition coefficient (Wildman–Crippen LogP) is 2.02. The maximum absolute atomic E-state index is 12.0. The Kier molecular flexibility index (Phi) is 4.71. The molecule has 0 aromatic carbocycles. The minimum absolute atomic E-state index is 0.188. The molecule has 1 aromatic rings. The Morgan fingerprint density at radius 2 is 2.25 bits per heavy atom. The molecule has 1 aliphatic heterocycles. The molecule has 0 N–H and O–H groups in total. The van der Waals surface area contributed by atoms with E-state index in [2.05, 4.69) is 16.6 Å². The highest BCUT2D eigenvalue weighted by Gasteiger charge is 2.20. The molecule has 0 radical (unpaired) electrons. The maximum atomic E-state index is 12.0. The van der Waals surface area contributed by atoms with Gasteiger partial charge in [0.25, 0.3) is 0 Å². The largest absolute Gasteiger partial charge is 0.465 e. The van der Waals surface area contributed by atoms with Crippen molar-refractivity contribution in [1.82, 2.24) is 9.88 Å². The zero-order valence-corrected chi connectivity index (χ0v) is 12.0. The maximum Gasteiger partial charge on any atom is 0.339 e. The number of pyridine rings is 1. The molecule has 0 aliphatic carbocycles. The molecule has 1 aliphatic rings. The van der Waals surface area contributed by atoms with Crippen molar-refractivity contribution in [1.29, 1.82) is 0 Å². The number of hydrogen-bond donors (Lipinski definition) is 0. The van der Waals surface area contributed by atoms with Gasteiger partial charge in [0.2, 0.25) is 5.91 Å². The number of carbonyl (C=O) groups is 2. The summed E-state index contributed by atoms with van der Waals surface area (Å²) < 4.78 is 4.63. The summed E-state index contributed by atoms with van der Waals surface area (Å²) in [5.74, 6) is 0.385. The van der Waals surface area contributed by atoms with Crippen molar-refractivity contribution in [2.45, 2.75) is 32.7 Å². The highest BCUT2D eigenvalue weighted by atomic mass is 16.5. The monoisotopic (exact) mass is 276 g/mol. The first-order valence-electron chi connectivity index (χ1n) is 6.91. The number of carbonyl (C=O) groups excluding carboxylic acids is 2. The molecule has 0 spiro atoms. The predicted molar refractivity (Wildman–Crippen MR) is 74.0 cm³/mol. The third kappa shape index (κ3) is 3.56. The van der Waals surface area contributed by atoms with Crippen molar-refractivity contribution < 1.29 is 14.3 Å². The van der Waals surface area contributed by atoms with Gasteiger partial charge >= 0.3 is 5.97 Å². The lowest BCUT2D eigenvalue weighted by molar-refractivity contribution is -0.131. The van der Waals surface area contributed by atoms with Crippen molar-refractivity contribution in [2.24, 2.45) is 5.92 Å². The van der Waals surface area contributed by atoms with E-state index in [1.54, 1.807) is 12.1 Å². The Balaban J connectivity index is 2.02. The highest BCUT2D eigenvalue weighted by molar-refractivity contribution is 5.88. The second-order valence-corrected chi connectivity index (χ2v) is 5.28. The first-order chi connectivity index (χ1) is 9.60. The molecule has 1 amide bonds. The number of nitrogens with zero attached hydrogens (tertiary/aromatic N) is 2. The minimum atomic E-state index is -0.399. The average Bonchev–Trinajstić information content (AvgIpc) is 2.63. The van der Waals surface area contributed by atoms with E-state index in [0.29, 0.717) is 24.4 Å². The second kappa shape index (κ2) is 6.50. The van der Waals surface area contributed by atoms with Crippen LogP contribution in [-0.2, 0) is 16.1 Å². The van der Waals surface area contributed by atoms with Gasteiger partial charge in [-0.25, -0.2) is 4.79 Å². The summed E-state index contributed by atoms with van der Waals surface area (Å²) in [6.07, 6.45) is 4.10. The van der Waals surface area contributed by atoms with Gasteiger partial charge in [0, 0.05) is 19.2 Å². The van der Waals surface area contributed by atoms with E-state index in [0.717, 1.165) is 25.1 Å². The summed E-state index contributed by atoms with van der Waals surface area (Å²) >= 11 is 0. The van der Waals surface area contributed by atoms with Crippen LogP contribution in [0.3, 0.4) is 0 Å². The van der Waals surface area contributed by atoms with Gasteiger partial charge in [-0.3, -0.25) is 9.78 Å². The van der Waals surface area contributed by atoms with Crippen LogP contribution in [0, 0.1) is 5.92 Å². The van der Waals surface area contributed by atoms with Gasteiger partial charge in [0.05, 0.1) is 24.9 Å². The van der Waals surface area contributed by atoms with Crippen molar-refractivity contribution in [3.8, 4) is 0 Å². The number of amides is 1. The van der Waals surface area contributed by atoms with Crippen LogP contribution in [-0.4, -0.2) is 35.4 Å². The third-order valence-electron chi connectivity index (χ3n) is 3.69. The summed E-state index contributed by atoms with van der Waals surface area (Å²) in [4.78, 5) is 29.4. The van der Waals surface area contributed by atoms with Crippen LogP contribution in [0.4, 0.5) is 0 Å². The minimum Gasteiger partial charge on any atom is -0.465 e. The Morgan fingerprint density at radius 1 is 1.45 bits per heavy atom. The molecular formula is C15H20N2O3. The zero-order valence-electron chi connectivity index (χ0n) is 12.0. The van der Waals surface area contributed by atoms with Crippen molar-refractivity contribution >= 4 is 11.9 Å². The SMILES string of the molecule is COC(=O)c1ccc(CN2CCC(C)CCC2=O)nc1. The second-order valence-electron chi connectivity index (χ2n) is 5.28. The Labute approximate surface area is 118 Å². The molecule has 1 saturated heterocycles. The van der Waals surface area contributed by atoms with Crippen molar-refractivity contribution in [3.63, 3.8) is 0 Å². The summed E-state index contributed by atoms with van der Waals surface area (Å²) in [6.45, 7) is 3.47. The number of likely N-dealkylation sites (tertiary alicyclic amines) is 1. The van der Waals surface area contributed by atoms with Crippen LogP contribution in [0.5, 0.6) is 0 Å². The molecule has 1 aromatic heterocycles. The fourth-order valence-electron chi connectivity index (χ4n) is 2.29. The number of esters is 1. The molecule has 2 heterocycles. The Morgan fingerprint density at radius 3 is 2.90 bits per heavy atom. The van der Waals surface area contributed by atoms with E-state index in [9.17, 15) is 9.59 Å². The van der Waals surface area contributed by atoms with Gasteiger partial charge in [-0.2, -0.15) is 0 Å². The molecule has 5 nitrogen and oxygen atoms in total. The van der Waals surface area contributed by atoms with Crippen LogP contribution in [0.2, 0.25) is 0 Å². The lowest BCUT2D eigenvalue weighted by Crippen LogP contribution is -2.30. The fraction of sp³-hybridized carbons (Fsp3) is 0.533. The summed E-state index contributed by atoms with van der Waals surface area (Å²) in [5.41, 5.74) is 1.22. The van der Waals surface area contributed by atoms with Gasteiger partial charge in [-0.15, -0.1) is 0 Å². The normalized spacial score (nSPS) is 19.6. The first-order valence-corrected chi connectivity index (χ1v) is 6.91. The highest BCUT2D eigenvalue weighted by Crippen LogP contribution is 2.18. The van der Waals surface area contributed by atoms with E-state index < -0.39 is 5.97 Å². The summed E-state index contributed by atoms with van der Waals surface area (Å²) in [5, 5.41) is 0. The van der Waals surface area contributed by atoms with Gasteiger partial charge in [0.1, 0.15) is 0 Å². The Bertz CT molecular complexity index is 484. The molecule has 2 rings (SSSR count). The van der Waals surface area contributed by atoms with E-state index in [1.807, 2.05) is 4.90 Å². The zero-order chi connectivity index (χ0) is 14.5. The number of methoxy groups -OCH3 is 1. The fourth-order valence-corrected chi connectivity index (χ4v) is 2.29. The summed E-state index contributed by atoms with van der Waals surface area (Å²) in [7, 11) is 1.34. The topological polar surface area (TPSA) is 59.5 Å². The molecule has 5 heteroatoms. The number of aromatic nitrogens is 1. The van der Waals surface area contributed by atoms with Gasteiger partial charge in [0.15, 0.2) is 0 Å². The van der Waals surface area contributed by atoms with E-state index >= 15 is 0 Å². The lowest BCUT2D eigenvalue weighted by atomic mass is 10.0. The van der Waals surface area contributed by atoms with Crippen LogP contribution in [0.25, 0.3) is 0 Å². The van der Waals surface area contributed by atoms with Gasteiger partial charge in [-0.1, -0.05) is 6.92 Å². The molecule has 108 valence electrons. The molecule has 20 heavy (non-hydrogen) atoms. The van der Waals surface area contributed by atoms with Gasteiger partial charge < -0.3 is 9.64 Å². The van der Waals surface area contributed by atoms with E-state index in [-0.39, 0.29) is 5.91 Å². The average molecular weight is 276 g/mol. The van der Waals surface area contributed by atoms with Crippen LogP contribution < -0.4 is 0 Å². The molecule has 0 bridgehead atoms. The molecule has 1 atom stereocenters.